The SMILES string of the molecule is CC1=CC(C)(C)c2ccc(Oc3ccc([N+](=O)[O-])cc3)cc2O1. The van der Waals surface area contributed by atoms with E-state index in [-0.39, 0.29) is 11.1 Å². The number of allylic oxidation sites excluding steroid dienone is 2. The number of rotatable bonds is 3. The van der Waals surface area contributed by atoms with Crippen molar-refractivity contribution < 1.29 is 14.4 Å². The van der Waals surface area contributed by atoms with E-state index in [1.165, 1.54) is 12.1 Å². The first-order valence-corrected chi connectivity index (χ1v) is 7.29. The molecule has 3 rings (SSSR count). The van der Waals surface area contributed by atoms with Crippen molar-refractivity contribution in [1.82, 2.24) is 0 Å². The molecule has 0 spiro atoms. The summed E-state index contributed by atoms with van der Waals surface area (Å²) in [5.74, 6) is 2.80. The third-order valence-electron chi connectivity index (χ3n) is 3.77. The van der Waals surface area contributed by atoms with Gasteiger partial charge in [-0.05, 0) is 31.2 Å². The van der Waals surface area contributed by atoms with Gasteiger partial charge < -0.3 is 9.47 Å². The molecule has 0 atom stereocenters. The molecular weight excluding hydrogens is 294 g/mol. The van der Waals surface area contributed by atoms with Crippen molar-refractivity contribution >= 4 is 5.69 Å². The highest BCUT2D eigenvalue weighted by Gasteiger charge is 2.27. The number of fused-ring (bicyclic) bond motifs is 1. The number of hydrogen-bond donors (Lipinski definition) is 0. The average molecular weight is 311 g/mol. The number of nitrogens with zero attached hydrogens (tertiary/aromatic N) is 1. The summed E-state index contributed by atoms with van der Waals surface area (Å²) in [5, 5.41) is 10.7. The van der Waals surface area contributed by atoms with E-state index in [1.54, 1.807) is 12.1 Å². The topological polar surface area (TPSA) is 61.6 Å². The minimum Gasteiger partial charge on any atom is -0.462 e. The van der Waals surface area contributed by atoms with Crippen LogP contribution in [0.2, 0.25) is 0 Å². The van der Waals surface area contributed by atoms with Gasteiger partial charge in [0.25, 0.3) is 5.69 Å². The van der Waals surface area contributed by atoms with Crippen LogP contribution in [0.1, 0.15) is 26.3 Å². The van der Waals surface area contributed by atoms with Crippen LogP contribution >= 0.6 is 0 Å². The Balaban J connectivity index is 1.86. The van der Waals surface area contributed by atoms with Crippen LogP contribution in [0, 0.1) is 10.1 Å². The second-order valence-electron chi connectivity index (χ2n) is 6.09. The standard InChI is InChI=1S/C18H17NO4/c1-12-11-18(2,3)16-9-8-15(10-17(16)22-12)23-14-6-4-13(5-7-14)19(20)21/h4-11H,1-3H3. The summed E-state index contributed by atoms with van der Waals surface area (Å²) in [7, 11) is 0. The zero-order valence-corrected chi connectivity index (χ0v) is 13.2. The van der Waals surface area contributed by atoms with Gasteiger partial charge in [-0.25, -0.2) is 0 Å². The van der Waals surface area contributed by atoms with E-state index in [9.17, 15) is 10.1 Å². The van der Waals surface area contributed by atoms with Gasteiger partial charge in [0.1, 0.15) is 17.2 Å². The number of nitro benzene ring substituents is 1. The summed E-state index contributed by atoms with van der Waals surface area (Å²) < 4.78 is 11.5. The smallest absolute Gasteiger partial charge is 0.269 e. The zero-order chi connectivity index (χ0) is 16.6. The lowest BCUT2D eigenvalue weighted by Gasteiger charge is -2.29. The van der Waals surface area contributed by atoms with E-state index in [0.29, 0.717) is 11.5 Å². The molecule has 1 aliphatic rings. The van der Waals surface area contributed by atoms with Gasteiger partial charge in [-0.2, -0.15) is 0 Å². The van der Waals surface area contributed by atoms with Gasteiger partial charge >= 0.3 is 0 Å². The lowest BCUT2D eigenvalue weighted by molar-refractivity contribution is -0.384. The van der Waals surface area contributed by atoms with E-state index < -0.39 is 4.92 Å². The van der Waals surface area contributed by atoms with Crippen LogP contribution in [-0.2, 0) is 5.41 Å². The van der Waals surface area contributed by atoms with Crippen LogP contribution in [0.5, 0.6) is 17.2 Å². The van der Waals surface area contributed by atoms with Gasteiger partial charge in [-0.15, -0.1) is 0 Å². The molecule has 0 amide bonds. The maximum absolute atomic E-state index is 10.7. The Bertz CT molecular complexity index is 791. The monoisotopic (exact) mass is 311 g/mol. The minimum absolute atomic E-state index is 0.0358. The fourth-order valence-electron chi connectivity index (χ4n) is 2.74. The van der Waals surface area contributed by atoms with Crippen LogP contribution in [0.4, 0.5) is 5.69 Å². The molecule has 0 radical (unpaired) electrons. The van der Waals surface area contributed by atoms with E-state index in [1.807, 2.05) is 25.1 Å². The normalized spacial score (nSPS) is 15.2. The zero-order valence-electron chi connectivity index (χ0n) is 13.2. The lowest BCUT2D eigenvalue weighted by Crippen LogP contribution is -2.20. The highest BCUT2D eigenvalue weighted by atomic mass is 16.6. The van der Waals surface area contributed by atoms with Crippen LogP contribution < -0.4 is 9.47 Å². The molecule has 0 saturated carbocycles. The fourth-order valence-corrected chi connectivity index (χ4v) is 2.74. The molecule has 2 aromatic carbocycles. The maximum Gasteiger partial charge on any atom is 0.269 e. The molecule has 0 saturated heterocycles. The Hall–Kier alpha value is -2.82. The van der Waals surface area contributed by atoms with Gasteiger partial charge in [0.15, 0.2) is 0 Å². The number of hydrogen-bond acceptors (Lipinski definition) is 4. The van der Waals surface area contributed by atoms with Gasteiger partial charge in [0, 0.05) is 29.2 Å². The van der Waals surface area contributed by atoms with E-state index in [4.69, 9.17) is 9.47 Å². The summed E-state index contributed by atoms with van der Waals surface area (Å²) in [6, 6.07) is 11.7. The van der Waals surface area contributed by atoms with E-state index in [0.717, 1.165) is 17.1 Å². The third-order valence-corrected chi connectivity index (χ3v) is 3.77. The first kappa shape index (κ1) is 15.1. The highest BCUT2D eigenvalue weighted by Crippen LogP contribution is 2.41. The van der Waals surface area contributed by atoms with Gasteiger partial charge in [-0.3, -0.25) is 10.1 Å². The predicted octanol–water partition coefficient (Wildman–Crippen LogP) is 4.96. The van der Waals surface area contributed by atoms with Crippen molar-refractivity contribution in [3.8, 4) is 17.2 Å². The van der Waals surface area contributed by atoms with Crippen molar-refractivity contribution in [2.45, 2.75) is 26.2 Å². The molecule has 1 heterocycles. The lowest BCUT2D eigenvalue weighted by atomic mass is 9.82. The average Bonchev–Trinajstić information content (AvgIpc) is 2.46. The van der Waals surface area contributed by atoms with Crippen molar-refractivity contribution in [3.05, 3.63) is 70.0 Å². The van der Waals surface area contributed by atoms with E-state index in [2.05, 4.69) is 19.9 Å². The molecule has 118 valence electrons. The number of ether oxygens (including phenoxy) is 2. The molecule has 1 aliphatic heterocycles. The number of nitro groups is 1. The Morgan fingerprint density at radius 2 is 1.74 bits per heavy atom. The second kappa shape index (κ2) is 5.43. The molecule has 23 heavy (non-hydrogen) atoms. The van der Waals surface area contributed by atoms with Crippen molar-refractivity contribution in [2.75, 3.05) is 0 Å². The Kier molecular flexibility index (Phi) is 3.56. The minimum atomic E-state index is -0.437. The molecule has 0 unspecified atom stereocenters. The van der Waals surface area contributed by atoms with Gasteiger partial charge in [-0.1, -0.05) is 19.9 Å². The summed E-state index contributed by atoms with van der Waals surface area (Å²) in [6.45, 7) is 6.19. The highest BCUT2D eigenvalue weighted by molar-refractivity contribution is 5.50. The molecule has 5 heteroatoms. The fraction of sp³-hybridized carbons (Fsp3) is 0.222. The van der Waals surface area contributed by atoms with Gasteiger partial charge in [0.05, 0.1) is 10.7 Å². The summed E-state index contributed by atoms with van der Waals surface area (Å²) in [4.78, 5) is 10.2. The molecular formula is C18H17NO4. The van der Waals surface area contributed by atoms with Crippen LogP contribution in [0.3, 0.4) is 0 Å². The molecule has 0 aliphatic carbocycles. The summed E-state index contributed by atoms with van der Waals surface area (Å²) in [6.07, 6.45) is 2.09. The first-order chi connectivity index (χ1) is 10.8. The van der Waals surface area contributed by atoms with Crippen molar-refractivity contribution in [2.24, 2.45) is 0 Å². The Morgan fingerprint density at radius 1 is 1.09 bits per heavy atom. The first-order valence-electron chi connectivity index (χ1n) is 7.29. The number of benzene rings is 2. The molecule has 0 bridgehead atoms. The Labute approximate surface area is 134 Å². The molecule has 0 aromatic heterocycles. The molecule has 0 N–H and O–H groups in total. The van der Waals surface area contributed by atoms with Crippen LogP contribution in [0.25, 0.3) is 0 Å². The summed E-state index contributed by atoms with van der Waals surface area (Å²) in [5.41, 5.74) is 1.04. The van der Waals surface area contributed by atoms with Crippen molar-refractivity contribution in [3.63, 3.8) is 0 Å². The van der Waals surface area contributed by atoms with Crippen molar-refractivity contribution in [1.29, 1.82) is 0 Å². The molecule has 0 fully saturated rings. The van der Waals surface area contributed by atoms with Crippen LogP contribution in [0.15, 0.2) is 54.3 Å². The molecule has 5 nitrogen and oxygen atoms in total. The van der Waals surface area contributed by atoms with Gasteiger partial charge in [0.2, 0.25) is 0 Å². The Morgan fingerprint density at radius 3 is 2.39 bits per heavy atom. The van der Waals surface area contributed by atoms with E-state index >= 15 is 0 Å². The maximum atomic E-state index is 10.7. The summed E-state index contributed by atoms with van der Waals surface area (Å²) >= 11 is 0. The largest absolute Gasteiger partial charge is 0.462 e. The third kappa shape index (κ3) is 3.04. The predicted molar refractivity (Wildman–Crippen MR) is 87.0 cm³/mol. The second-order valence-corrected chi connectivity index (χ2v) is 6.09. The quantitative estimate of drug-likeness (QED) is 0.593. The molecule has 2 aromatic rings. The van der Waals surface area contributed by atoms with Crippen LogP contribution in [-0.4, -0.2) is 4.92 Å². The number of non-ortho nitro benzene ring substituents is 1.